The van der Waals surface area contributed by atoms with Crippen molar-refractivity contribution in [1.82, 2.24) is 29.8 Å². The Morgan fingerprint density at radius 3 is 2.56 bits per heavy atom. The maximum absolute atomic E-state index is 12.6. The maximum atomic E-state index is 12.6. The number of nitrogens with one attached hydrogen (secondary N) is 2. The lowest BCUT2D eigenvalue weighted by atomic mass is 9.88. The number of aromatic nitrogens is 2. The molecule has 0 atom stereocenters. The average molecular weight is 536 g/mol. The summed E-state index contributed by atoms with van der Waals surface area (Å²) in [5, 5.41) is 6.37. The Kier molecular flexibility index (Phi) is 6.75. The molecule has 2 aliphatic heterocycles. The highest BCUT2D eigenvalue weighted by Crippen LogP contribution is 2.36. The topological polar surface area (TPSA) is 172 Å². The Morgan fingerprint density at radius 1 is 1.25 bits per heavy atom. The summed E-state index contributed by atoms with van der Waals surface area (Å²) < 4.78 is 26.3. The predicted molar refractivity (Wildman–Crippen MR) is 139 cm³/mol. The molecule has 1 aromatic rings. The van der Waals surface area contributed by atoms with Crippen molar-refractivity contribution in [2.75, 3.05) is 45.2 Å². The van der Waals surface area contributed by atoms with Crippen molar-refractivity contribution in [3.05, 3.63) is 45.3 Å². The summed E-state index contributed by atoms with van der Waals surface area (Å²) in [6.07, 6.45) is 3.66. The molecule has 1 spiro atoms. The van der Waals surface area contributed by atoms with Gasteiger partial charge in [-0.2, -0.15) is 4.99 Å². The molecule has 6 N–H and O–H groups in total. The minimum absolute atomic E-state index is 0.0580. The van der Waals surface area contributed by atoms with Crippen LogP contribution in [-0.2, 0) is 10.0 Å². The van der Waals surface area contributed by atoms with Gasteiger partial charge >= 0.3 is 5.91 Å². The number of anilines is 2. The van der Waals surface area contributed by atoms with E-state index >= 15 is 0 Å². The van der Waals surface area contributed by atoms with Crippen LogP contribution in [-0.4, -0.2) is 78.7 Å². The number of aliphatic imine (C=N–C) groups is 1. The van der Waals surface area contributed by atoms with E-state index in [9.17, 15) is 13.2 Å². The molecule has 0 unspecified atom stereocenters. The Balaban J connectivity index is 1.40. The van der Waals surface area contributed by atoms with Crippen LogP contribution in [0, 0.1) is 0 Å². The Bertz CT molecular complexity index is 1330. The van der Waals surface area contributed by atoms with Crippen LogP contribution in [0.25, 0.3) is 0 Å². The molecular weight excluding hydrogens is 506 g/mol. The summed E-state index contributed by atoms with van der Waals surface area (Å²) in [4.78, 5) is 26.9. The highest BCUT2D eigenvalue weighted by molar-refractivity contribution is 7.93. The summed E-state index contributed by atoms with van der Waals surface area (Å²) in [5.74, 6) is -0.550. The van der Waals surface area contributed by atoms with Crippen molar-refractivity contribution in [3.8, 4) is 0 Å². The van der Waals surface area contributed by atoms with Gasteiger partial charge in [-0.25, -0.2) is 22.7 Å². The molecule has 0 radical (unpaired) electrons. The zero-order valence-electron chi connectivity index (χ0n) is 20.4. The third kappa shape index (κ3) is 4.77. The second kappa shape index (κ2) is 9.37. The normalized spacial score (nSPS) is 20.6. The van der Waals surface area contributed by atoms with Gasteiger partial charge in [0.25, 0.3) is 0 Å². The lowest BCUT2D eigenvalue weighted by molar-refractivity contribution is 0.0998. The van der Waals surface area contributed by atoms with E-state index in [1.54, 1.807) is 6.08 Å². The molecule has 12 nitrogen and oxygen atoms in total. The predicted octanol–water partition coefficient (Wildman–Crippen LogP) is 0.827. The number of nitrogen functional groups attached to an aromatic ring is 2. The maximum Gasteiger partial charge on any atom is 0.302 e. The lowest BCUT2D eigenvalue weighted by Gasteiger charge is -2.40. The first-order valence-corrected chi connectivity index (χ1v) is 13.2. The van der Waals surface area contributed by atoms with Gasteiger partial charge in [-0.15, -0.1) is 0 Å². The third-order valence-electron chi connectivity index (χ3n) is 6.73. The van der Waals surface area contributed by atoms with Crippen LogP contribution in [0.5, 0.6) is 0 Å². The van der Waals surface area contributed by atoms with Crippen LogP contribution >= 0.6 is 11.6 Å². The standard InChI is InChI=1S/C22H30ClN9O3S/c1-12-9-14(36(34,35)31(3)4)10-15(12)13(2)32-7-5-22(6-8-32)11-26-21(30-22)29-20(33)16-18(24)28-19(25)17(23)27-16/h10H,2,5-9,11H2,1,3-4H3,(H4,24,25,28)(H2,26,29,30,33). The van der Waals surface area contributed by atoms with Crippen LogP contribution < -0.4 is 22.1 Å². The number of nitrogens with two attached hydrogens (primary N) is 2. The Morgan fingerprint density at radius 2 is 1.92 bits per heavy atom. The van der Waals surface area contributed by atoms with E-state index in [-0.39, 0.29) is 28.0 Å². The Labute approximate surface area is 215 Å². The number of likely N-dealkylation sites (tertiary alicyclic amines) is 1. The van der Waals surface area contributed by atoms with Gasteiger partial charge in [0, 0.05) is 45.8 Å². The van der Waals surface area contributed by atoms with Crippen LogP contribution in [0.1, 0.15) is 36.7 Å². The smallest absolute Gasteiger partial charge is 0.302 e. The number of carbonyl (C=O) groups excluding carboxylic acids is 1. The highest BCUT2D eigenvalue weighted by atomic mass is 35.5. The highest BCUT2D eigenvalue weighted by Gasteiger charge is 2.40. The fraction of sp³-hybridized carbons (Fsp3) is 0.455. The largest absolute Gasteiger partial charge is 0.382 e. The van der Waals surface area contributed by atoms with Gasteiger partial charge in [-0.3, -0.25) is 4.79 Å². The summed E-state index contributed by atoms with van der Waals surface area (Å²) >= 11 is 5.87. The molecule has 2 saturated heterocycles. The zero-order chi connectivity index (χ0) is 26.4. The van der Waals surface area contributed by atoms with Gasteiger partial charge in [0.2, 0.25) is 10.0 Å². The van der Waals surface area contributed by atoms with Crippen LogP contribution in [0.2, 0.25) is 5.15 Å². The number of nitrogens with zero attached hydrogens (tertiary/aromatic N) is 5. The van der Waals surface area contributed by atoms with Crippen molar-refractivity contribution >= 4 is 45.1 Å². The molecule has 0 aromatic carbocycles. The van der Waals surface area contributed by atoms with Crippen molar-refractivity contribution in [1.29, 1.82) is 0 Å². The fourth-order valence-corrected chi connectivity index (χ4v) is 5.77. The quantitative estimate of drug-likeness (QED) is 0.423. The number of carbonyl (C=O) groups is 1. The SMILES string of the molecule is C=C(C1=C(C)CC(S(=O)(=O)N(C)C)=C1)N1CCC2(CC1)CN/C(=N\C(=O)c1nc(Cl)c(N)nc1N)N2. The van der Waals surface area contributed by atoms with Gasteiger partial charge in [-0.1, -0.05) is 23.8 Å². The fourth-order valence-electron chi connectivity index (χ4n) is 4.51. The minimum atomic E-state index is -3.46. The molecule has 0 bridgehead atoms. The first-order valence-electron chi connectivity index (χ1n) is 11.3. The molecule has 4 rings (SSSR count). The molecule has 36 heavy (non-hydrogen) atoms. The van der Waals surface area contributed by atoms with Gasteiger partial charge < -0.3 is 27.0 Å². The molecule has 1 aliphatic carbocycles. The van der Waals surface area contributed by atoms with Crippen LogP contribution in [0.4, 0.5) is 11.6 Å². The van der Waals surface area contributed by atoms with Crippen molar-refractivity contribution < 1.29 is 13.2 Å². The second-order valence-electron chi connectivity index (χ2n) is 9.36. The summed E-state index contributed by atoms with van der Waals surface area (Å²) in [6, 6.07) is 0. The van der Waals surface area contributed by atoms with Crippen molar-refractivity contribution in [2.24, 2.45) is 4.99 Å². The van der Waals surface area contributed by atoms with Crippen LogP contribution in [0.15, 0.2) is 39.4 Å². The second-order valence-corrected chi connectivity index (χ2v) is 11.9. The van der Waals surface area contributed by atoms with Crippen molar-refractivity contribution in [3.63, 3.8) is 0 Å². The molecule has 2 fully saturated rings. The number of hydrogen-bond acceptors (Lipinski definition) is 8. The molecule has 14 heteroatoms. The number of hydrogen-bond donors (Lipinski definition) is 4. The number of guanidine groups is 1. The monoisotopic (exact) mass is 535 g/mol. The van der Waals surface area contributed by atoms with E-state index in [0.717, 1.165) is 29.7 Å². The van der Waals surface area contributed by atoms with E-state index in [1.807, 2.05) is 6.92 Å². The summed E-state index contributed by atoms with van der Waals surface area (Å²) in [5.41, 5.74) is 13.5. The molecule has 3 aliphatic rings. The van der Waals surface area contributed by atoms with Gasteiger partial charge in [0.05, 0.1) is 10.4 Å². The first kappa shape index (κ1) is 25.9. The van der Waals surface area contributed by atoms with E-state index < -0.39 is 15.9 Å². The number of rotatable bonds is 5. The summed E-state index contributed by atoms with van der Waals surface area (Å²) in [7, 11) is -0.402. The van der Waals surface area contributed by atoms with Crippen molar-refractivity contribution in [2.45, 2.75) is 31.7 Å². The van der Waals surface area contributed by atoms with E-state index in [1.165, 1.54) is 18.4 Å². The number of amides is 1. The number of allylic oxidation sites excluding steroid dienone is 3. The third-order valence-corrected chi connectivity index (χ3v) is 8.89. The van der Waals surface area contributed by atoms with Gasteiger partial charge in [-0.05, 0) is 31.4 Å². The van der Waals surface area contributed by atoms with E-state index in [4.69, 9.17) is 23.1 Å². The Hall–Kier alpha value is -3.16. The molecule has 3 heterocycles. The molecule has 1 aromatic heterocycles. The zero-order valence-corrected chi connectivity index (χ0v) is 22.0. The summed E-state index contributed by atoms with van der Waals surface area (Å²) in [6.45, 7) is 8.21. The first-order chi connectivity index (χ1) is 16.8. The molecule has 1 amide bonds. The van der Waals surface area contributed by atoms with Gasteiger partial charge in [0.15, 0.2) is 28.4 Å². The molecule has 194 valence electrons. The molecule has 0 saturated carbocycles. The average Bonchev–Trinajstić information content (AvgIpc) is 3.40. The van der Waals surface area contributed by atoms with E-state index in [2.05, 4.69) is 37.1 Å². The minimum Gasteiger partial charge on any atom is -0.382 e. The molecular formula is C22H30ClN9O3S. The number of piperidine rings is 1. The number of halogens is 1. The lowest BCUT2D eigenvalue weighted by Crippen LogP contribution is -2.52. The number of sulfonamides is 1. The van der Waals surface area contributed by atoms with Crippen LogP contribution in [0.3, 0.4) is 0 Å². The van der Waals surface area contributed by atoms with E-state index in [0.29, 0.717) is 36.9 Å². The van der Waals surface area contributed by atoms with Gasteiger partial charge in [0.1, 0.15) is 0 Å².